The van der Waals surface area contributed by atoms with Crippen molar-refractivity contribution in [3.63, 3.8) is 0 Å². The second kappa shape index (κ2) is 7.61. The summed E-state index contributed by atoms with van der Waals surface area (Å²) < 4.78 is 23.4. The minimum Gasteiger partial charge on any atom is -0.381 e. The highest BCUT2D eigenvalue weighted by molar-refractivity contribution is 4.93. The zero-order valence-electron chi connectivity index (χ0n) is 14.3. The summed E-state index contributed by atoms with van der Waals surface area (Å²) in [5.41, 5.74) is 0. The van der Waals surface area contributed by atoms with Gasteiger partial charge in [-0.05, 0) is 44.4 Å². The third kappa shape index (κ3) is 3.50. The van der Waals surface area contributed by atoms with Crippen molar-refractivity contribution in [2.45, 2.75) is 81.9 Å². The molecule has 0 bridgehead atoms. The lowest BCUT2D eigenvalue weighted by Crippen LogP contribution is -2.50. The van der Waals surface area contributed by atoms with Crippen LogP contribution in [0.15, 0.2) is 0 Å². The van der Waals surface area contributed by atoms with Gasteiger partial charge in [-0.1, -0.05) is 0 Å². The maximum atomic E-state index is 6.56. The van der Waals surface area contributed by atoms with Crippen molar-refractivity contribution < 1.29 is 18.9 Å². The molecular weight excluding hydrogens is 280 g/mol. The Morgan fingerprint density at radius 1 is 0.682 bits per heavy atom. The van der Waals surface area contributed by atoms with Crippen molar-refractivity contribution in [3.05, 3.63) is 0 Å². The summed E-state index contributed by atoms with van der Waals surface area (Å²) in [4.78, 5) is 0. The molecule has 1 saturated heterocycles. The molecule has 128 valence electrons. The molecule has 3 aliphatic rings. The van der Waals surface area contributed by atoms with Gasteiger partial charge in [0.1, 0.15) is 0 Å². The van der Waals surface area contributed by atoms with E-state index >= 15 is 0 Å². The molecular formula is C18H32O4. The molecule has 2 saturated carbocycles. The van der Waals surface area contributed by atoms with Gasteiger partial charge in [-0.15, -0.1) is 0 Å². The number of hydrogen-bond acceptors (Lipinski definition) is 4. The van der Waals surface area contributed by atoms with Crippen molar-refractivity contribution in [2.75, 3.05) is 21.3 Å². The highest BCUT2D eigenvalue weighted by atomic mass is 16.5. The largest absolute Gasteiger partial charge is 0.381 e. The SMILES string of the molecule is COC1CCC(C2CCC3C(OC)CC(OC)CC3O2)CC1. The van der Waals surface area contributed by atoms with Crippen LogP contribution in [0.2, 0.25) is 0 Å². The lowest BCUT2D eigenvalue weighted by Gasteiger charge is -2.47. The molecule has 2 aliphatic carbocycles. The van der Waals surface area contributed by atoms with E-state index < -0.39 is 0 Å². The summed E-state index contributed by atoms with van der Waals surface area (Å²) in [5, 5.41) is 0. The van der Waals surface area contributed by atoms with Crippen molar-refractivity contribution in [3.8, 4) is 0 Å². The van der Waals surface area contributed by atoms with Crippen molar-refractivity contribution in [1.82, 2.24) is 0 Å². The number of ether oxygens (including phenoxy) is 4. The quantitative estimate of drug-likeness (QED) is 0.799. The first-order valence-electron chi connectivity index (χ1n) is 8.99. The molecule has 5 unspecified atom stereocenters. The van der Waals surface area contributed by atoms with E-state index in [1.54, 1.807) is 0 Å². The van der Waals surface area contributed by atoms with Crippen LogP contribution in [0.3, 0.4) is 0 Å². The highest BCUT2D eigenvalue weighted by Gasteiger charge is 2.44. The molecule has 3 rings (SSSR count). The fourth-order valence-electron chi connectivity index (χ4n) is 4.89. The lowest BCUT2D eigenvalue weighted by atomic mass is 9.74. The summed E-state index contributed by atoms with van der Waals surface area (Å²) in [6, 6.07) is 0. The predicted molar refractivity (Wildman–Crippen MR) is 85.0 cm³/mol. The van der Waals surface area contributed by atoms with Crippen LogP contribution in [0.25, 0.3) is 0 Å². The van der Waals surface area contributed by atoms with Gasteiger partial charge >= 0.3 is 0 Å². The molecule has 4 heteroatoms. The Hall–Kier alpha value is -0.160. The van der Waals surface area contributed by atoms with Crippen LogP contribution in [0.1, 0.15) is 51.4 Å². The van der Waals surface area contributed by atoms with E-state index in [0.29, 0.717) is 30.3 Å². The maximum absolute atomic E-state index is 6.56. The van der Waals surface area contributed by atoms with E-state index in [1.807, 2.05) is 21.3 Å². The summed E-state index contributed by atoms with van der Waals surface area (Å²) in [6.45, 7) is 0. The minimum atomic E-state index is 0.286. The van der Waals surface area contributed by atoms with E-state index in [0.717, 1.165) is 18.8 Å². The Labute approximate surface area is 134 Å². The van der Waals surface area contributed by atoms with Crippen LogP contribution in [-0.2, 0) is 18.9 Å². The molecule has 4 nitrogen and oxygen atoms in total. The van der Waals surface area contributed by atoms with Gasteiger partial charge in [0.2, 0.25) is 0 Å². The normalized spacial score (nSPS) is 46.2. The monoisotopic (exact) mass is 312 g/mol. The summed E-state index contributed by atoms with van der Waals surface area (Å²) >= 11 is 0. The molecule has 1 aliphatic heterocycles. The third-order valence-corrected chi connectivity index (χ3v) is 6.29. The zero-order valence-corrected chi connectivity index (χ0v) is 14.3. The first kappa shape index (κ1) is 16.7. The number of rotatable bonds is 4. The zero-order chi connectivity index (χ0) is 15.5. The summed E-state index contributed by atoms with van der Waals surface area (Å²) in [6.07, 6.45) is 11.2. The second-order valence-electron chi connectivity index (χ2n) is 7.33. The average molecular weight is 312 g/mol. The van der Waals surface area contributed by atoms with E-state index in [4.69, 9.17) is 18.9 Å². The highest BCUT2D eigenvalue weighted by Crippen LogP contribution is 2.42. The standard InChI is InChI=1S/C18H32O4/c1-19-13-6-4-12(5-7-13)16-9-8-15-17(21-3)10-14(20-2)11-18(15)22-16/h12-18H,4-11H2,1-3H3. The van der Waals surface area contributed by atoms with E-state index in [1.165, 1.54) is 38.5 Å². The molecule has 22 heavy (non-hydrogen) atoms. The Morgan fingerprint density at radius 2 is 1.41 bits per heavy atom. The molecule has 5 atom stereocenters. The Kier molecular flexibility index (Phi) is 5.77. The van der Waals surface area contributed by atoms with E-state index in [-0.39, 0.29) is 6.10 Å². The molecule has 0 amide bonds. The van der Waals surface area contributed by atoms with Gasteiger partial charge in [-0.25, -0.2) is 0 Å². The predicted octanol–water partition coefficient (Wildman–Crippen LogP) is 3.18. The Balaban J connectivity index is 1.58. The van der Waals surface area contributed by atoms with Crippen LogP contribution >= 0.6 is 0 Å². The molecule has 3 fully saturated rings. The van der Waals surface area contributed by atoms with Crippen molar-refractivity contribution in [1.29, 1.82) is 0 Å². The van der Waals surface area contributed by atoms with Gasteiger partial charge in [0.15, 0.2) is 0 Å². The molecule has 1 heterocycles. The van der Waals surface area contributed by atoms with E-state index in [2.05, 4.69) is 0 Å². The van der Waals surface area contributed by atoms with Crippen molar-refractivity contribution >= 4 is 0 Å². The van der Waals surface area contributed by atoms with Gasteiger partial charge in [-0.2, -0.15) is 0 Å². The van der Waals surface area contributed by atoms with Crippen LogP contribution in [0.5, 0.6) is 0 Å². The molecule has 0 aromatic heterocycles. The van der Waals surface area contributed by atoms with E-state index in [9.17, 15) is 0 Å². The molecule has 0 N–H and O–H groups in total. The number of fused-ring (bicyclic) bond motifs is 1. The van der Waals surface area contributed by atoms with Crippen LogP contribution in [0.4, 0.5) is 0 Å². The van der Waals surface area contributed by atoms with Gasteiger partial charge < -0.3 is 18.9 Å². The van der Waals surface area contributed by atoms with Gasteiger partial charge in [-0.3, -0.25) is 0 Å². The van der Waals surface area contributed by atoms with Crippen LogP contribution in [-0.4, -0.2) is 51.8 Å². The minimum absolute atomic E-state index is 0.286. The first-order valence-corrected chi connectivity index (χ1v) is 8.99. The second-order valence-corrected chi connectivity index (χ2v) is 7.33. The number of methoxy groups -OCH3 is 3. The number of hydrogen-bond donors (Lipinski definition) is 0. The molecule has 0 aromatic rings. The fraction of sp³-hybridized carbons (Fsp3) is 1.00. The first-order chi connectivity index (χ1) is 10.7. The smallest absolute Gasteiger partial charge is 0.0656 e. The van der Waals surface area contributed by atoms with Gasteiger partial charge in [0.25, 0.3) is 0 Å². The molecule has 0 radical (unpaired) electrons. The van der Waals surface area contributed by atoms with Crippen LogP contribution < -0.4 is 0 Å². The van der Waals surface area contributed by atoms with Gasteiger partial charge in [0.05, 0.1) is 30.5 Å². The maximum Gasteiger partial charge on any atom is 0.0656 e. The summed E-state index contributed by atoms with van der Waals surface area (Å²) in [5.74, 6) is 1.28. The molecule has 0 spiro atoms. The average Bonchev–Trinajstić information content (AvgIpc) is 2.60. The van der Waals surface area contributed by atoms with Crippen LogP contribution in [0, 0.1) is 11.8 Å². The third-order valence-electron chi connectivity index (χ3n) is 6.29. The van der Waals surface area contributed by atoms with Gasteiger partial charge in [0, 0.05) is 40.1 Å². The van der Waals surface area contributed by atoms with Crippen molar-refractivity contribution in [2.24, 2.45) is 11.8 Å². The lowest BCUT2D eigenvalue weighted by molar-refractivity contribution is -0.182. The molecule has 0 aromatic carbocycles. The topological polar surface area (TPSA) is 36.9 Å². The Morgan fingerprint density at radius 3 is 2.05 bits per heavy atom. The fourth-order valence-corrected chi connectivity index (χ4v) is 4.89. The Bertz CT molecular complexity index is 340. The summed E-state index contributed by atoms with van der Waals surface area (Å²) in [7, 11) is 5.48.